The predicted molar refractivity (Wildman–Crippen MR) is 78.9 cm³/mol. The fourth-order valence-electron chi connectivity index (χ4n) is 1.38. The van der Waals surface area contributed by atoms with Gasteiger partial charge in [0.1, 0.15) is 0 Å². The second kappa shape index (κ2) is 7.16. The zero-order chi connectivity index (χ0) is 14.6. The van der Waals surface area contributed by atoms with E-state index in [1.807, 2.05) is 0 Å². The minimum atomic E-state index is -2.27. The van der Waals surface area contributed by atoms with E-state index in [0.29, 0.717) is 5.56 Å². The molecule has 1 unspecified atom stereocenters. The number of rotatable bonds is 6. The lowest BCUT2D eigenvalue weighted by Gasteiger charge is -2.15. The van der Waals surface area contributed by atoms with Gasteiger partial charge < -0.3 is 16.2 Å². The first-order valence-electron chi connectivity index (χ1n) is 5.40. The molecule has 0 spiro atoms. The molecule has 19 heavy (non-hydrogen) atoms. The van der Waals surface area contributed by atoms with Gasteiger partial charge in [0.2, 0.25) is 0 Å². The van der Waals surface area contributed by atoms with Gasteiger partial charge in [0.25, 0.3) is 4.59 Å². The molecule has 0 amide bonds. The molecule has 0 radical (unpaired) electrons. The summed E-state index contributed by atoms with van der Waals surface area (Å²) in [5.74, 6) is 0. The van der Waals surface area contributed by atoms with Crippen LogP contribution in [-0.4, -0.2) is 22.8 Å². The molecule has 4 N–H and O–H groups in total. The van der Waals surface area contributed by atoms with Crippen molar-refractivity contribution in [3.05, 3.63) is 27.7 Å². The van der Waals surface area contributed by atoms with Gasteiger partial charge in [-0.3, -0.25) is 0 Å². The van der Waals surface area contributed by atoms with Gasteiger partial charge in [0, 0.05) is 19.5 Å². The summed E-state index contributed by atoms with van der Waals surface area (Å²) in [6.07, 6.45) is -0.943. The van der Waals surface area contributed by atoms with Crippen LogP contribution < -0.4 is 11.1 Å². The van der Waals surface area contributed by atoms with Crippen LogP contribution in [0.5, 0.6) is 0 Å². The first-order chi connectivity index (χ1) is 8.70. The Morgan fingerprint density at radius 2 is 1.84 bits per heavy atom. The van der Waals surface area contributed by atoms with Gasteiger partial charge in [-0.25, -0.2) is 4.39 Å². The fourth-order valence-corrected chi connectivity index (χ4v) is 2.08. The Kier molecular flexibility index (Phi) is 6.43. The molecule has 0 saturated heterocycles. The molecule has 0 saturated carbocycles. The fraction of sp³-hybridized carbons (Fsp3) is 0.455. The van der Waals surface area contributed by atoms with Crippen molar-refractivity contribution in [2.24, 2.45) is 0 Å². The van der Waals surface area contributed by atoms with Crippen molar-refractivity contribution in [1.82, 2.24) is 5.32 Å². The molecule has 1 aromatic carbocycles. The predicted octanol–water partition coefficient (Wildman–Crippen LogP) is 3.69. The van der Waals surface area contributed by atoms with E-state index >= 15 is 0 Å². The van der Waals surface area contributed by atoms with Crippen molar-refractivity contribution in [2.45, 2.75) is 17.1 Å². The number of hydrogen-bond donors (Lipinski definition) is 3. The van der Waals surface area contributed by atoms with E-state index < -0.39 is 10.7 Å². The summed E-state index contributed by atoms with van der Waals surface area (Å²) in [5, 5.41) is 13.3. The van der Waals surface area contributed by atoms with Crippen molar-refractivity contribution >= 4 is 52.1 Å². The molecule has 108 valence electrons. The standard InChI is InChI=1S/C11H13Cl4FN2O/c12-7-3-6(4-8(13)10(7)17)9(19)5-18-2-1-11(14,15)16/h3-4,9,18-19H,1-2,5,17H2. The van der Waals surface area contributed by atoms with Gasteiger partial charge in [0.05, 0.1) is 21.8 Å². The molecule has 0 aliphatic rings. The average Bonchev–Trinajstić information content (AvgIpc) is 2.29. The molecule has 8 heteroatoms. The number of anilines is 1. The minimum Gasteiger partial charge on any atom is -0.396 e. The Balaban J connectivity index is 2.52. The van der Waals surface area contributed by atoms with Gasteiger partial charge >= 0.3 is 0 Å². The van der Waals surface area contributed by atoms with Gasteiger partial charge in [-0.15, -0.1) is 0 Å². The summed E-state index contributed by atoms with van der Waals surface area (Å²) in [5.41, 5.74) is 6.36. The quantitative estimate of drug-likeness (QED) is 0.417. The molecule has 1 atom stereocenters. The summed E-state index contributed by atoms with van der Waals surface area (Å²) in [7, 11) is 0. The number of hydrogen-bond acceptors (Lipinski definition) is 3. The van der Waals surface area contributed by atoms with Crippen LogP contribution in [0.1, 0.15) is 18.1 Å². The van der Waals surface area contributed by atoms with Gasteiger partial charge in [-0.1, -0.05) is 46.4 Å². The highest BCUT2D eigenvalue weighted by atomic mass is 35.5. The molecule has 0 aromatic heterocycles. The van der Waals surface area contributed by atoms with E-state index in [-0.39, 0.29) is 35.2 Å². The number of alkyl halides is 3. The molecule has 0 bridgehead atoms. The van der Waals surface area contributed by atoms with Crippen molar-refractivity contribution in [3.63, 3.8) is 0 Å². The van der Waals surface area contributed by atoms with Crippen LogP contribution in [0.25, 0.3) is 0 Å². The number of nitrogen functional groups attached to an aromatic ring is 1. The molecule has 0 heterocycles. The Bertz CT molecular complexity index is 416. The van der Waals surface area contributed by atoms with Crippen LogP contribution in [-0.2, 0) is 0 Å². The lowest BCUT2D eigenvalue weighted by molar-refractivity contribution is 0.173. The van der Waals surface area contributed by atoms with Crippen molar-refractivity contribution in [3.8, 4) is 0 Å². The van der Waals surface area contributed by atoms with Gasteiger partial charge in [-0.2, -0.15) is 0 Å². The molecule has 0 aliphatic heterocycles. The maximum Gasteiger partial charge on any atom is 0.258 e. The van der Waals surface area contributed by atoms with Crippen LogP contribution in [0.3, 0.4) is 0 Å². The number of aliphatic hydroxyl groups excluding tert-OH is 1. The molecule has 0 fully saturated rings. The Hall–Kier alpha value is 0.0300. The topological polar surface area (TPSA) is 58.3 Å². The Morgan fingerprint density at radius 1 is 1.32 bits per heavy atom. The monoisotopic (exact) mass is 348 g/mol. The van der Waals surface area contributed by atoms with Crippen LogP contribution in [0, 0.1) is 0 Å². The molecule has 0 aliphatic carbocycles. The number of benzene rings is 1. The Morgan fingerprint density at radius 3 is 2.32 bits per heavy atom. The summed E-state index contributed by atoms with van der Waals surface area (Å²) < 4.78 is 10.5. The highest BCUT2D eigenvalue weighted by Gasteiger charge is 2.21. The van der Waals surface area contributed by atoms with Gasteiger partial charge in [-0.05, 0) is 17.7 Å². The Labute approximate surface area is 130 Å². The zero-order valence-electron chi connectivity index (χ0n) is 9.77. The number of nitrogens with one attached hydrogen (secondary N) is 1. The molecular formula is C11H13Cl4FN2O. The molecule has 1 aromatic rings. The van der Waals surface area contributed by atoms with E-state index in [1.54, 1.807) is 0 Å². The highest BCUT2D eigenvalue weighted by Crippen LogP contribution is 2.31. The largest absolute Gasteiger partial charge is 0.396 e. The molecule has 3 nitrogen and oxygen atoms in total. The first-order valence-corrected chi connectivity index (χ1v) is 6.92. The second-order valence-electron chi connectivity index (χ2n) is 3.98. The average molecular weight is 350 g/mol. The number of nitrogens with two attached hydrogens (primary N) is 1. The maximum absolute atomic E-state index is 12.8. The van der Waals surface area contributed by atoms with E-state index in [2.05, 4.69) is 5.32 Å². The third kappa shape index (κ3) is 5.90. The van der Waals surface area contributed by atoms with E-state index in [0.717, 1.165) is 0 Å². The summed E-state index contributed by atoms with van der Waals surface area (Å²) in [6.45, 7) is 0.400. The SMILES string of the molecule is Nc1c(Cl)cc(C(O)CNCCC(F)(Cl)Cl)cc1Cl. The third-order valence-electron chi connectivity index (χ3n) is 2.41. The second-order valence-corrected chi connectivity index (χ2v) is 6.19. The van der Waals surface area contributed by atoms with Crippen molar-refractivity contribution < 1.29 is 9.50 Å². The van der Waals surface area contributed by atoms with Crippen LogP contribution >= 0.6 is 46.4 Å². The smallest absolute Gasteiger partial charge is 0.258 e. The minimum absolute atomic E-state index is 0.0912. The van der Waals surface area contributed by atoms with Gasteiger partial charge in [0.15, 0.2) is 0 Å². The maximum atomic E-state index is 12.8. The first kappa shape index (κ1) is 17.1. The summed E-state index contributed by atoms with van der Waals surface area (Å²) in [6, 6.07) is 3.05. The summed E-state index contributed by atoms with van der Waals surface area (Å²) in [4.78, 5) is 0. The summed E-state index contributed by atoms with van der Waals surface area (Å²) >= 11 is 22.1. The van der Waals surface area contributed by atoms with Crippen molar-refractivity contribution in [2.75, 3.05) is 18.8 Å². The van der Waals surface area contributed by atoms with Crippen LogP contribution in [0.15, 0.2) is 12.1 Å². The third-order valence-corrected chi connectivity index (χ3v) is 3.41. The normalized spacial score (nSPS) is 13.6. The number of halogens is 5. The lowest BCUT2D eigenvalue weighted by atomic mass is 10.1. The van der Waals surface area contributed by atoms with E-state index in [9.17, 15) is 9.50 Å². The van der Waals surface area contributed by atoms with E-state index in [1.165, 1.54) is 12.1 Å². The zero-order valence-corrected chi connectivity index (χ0v) is 12.8. The highest BCUT2D eigenvalue weighted by molar-refractivity contribution is 6.47. The van der Waals surface area contributed by atoms with E-state index in [4.69, 9.17) is 52.1 Å². The lowest BCUT2D eigenvalue weighted by Crippen LogP contribution is -2.25. The molecular weight excluding hydrogens is 337 g/mol. The van der Waals surface area contributed by atoms with Crippen LogP contribution in [0.2, 0.25) is 10.0 Å². The van der Waals surface area contributed by atoms with Crippen molar-refractivity contribution in [1.29, 1.82) is 0 Å². The molecule has 1 rings (SSSR count). The van der Waals surface area contributed by atoms with Crippen LogP contribution in [0.4, 0.5) is 10.1 Å². The number of aliphatic hydroxyl groups is 1.